The highest BCUT2D eigenvalue weighted by atomic mass is 35.5. The van der Waals surface area contributed by atoms with Crippen LogP contribution in [0.15, 0.2) is 54.6 Å². The summed E-state index contributed by atoms with van der Waals surface area (Å²) in [4.78, 5) is 25.1. The first-order valence-electron chi connectivity index (χ1n) is 9.24. The minimum absolute atomic E-state index is 0.0861. The Bertz CT molecular complexity index is 776. The zero-order valence-corrected chi connectivity index (χ0v) is 15.8. The molecule has 6 heteroatoms. The quantitative estimate of drug-likeness (QED) is 0.686. The Morgan fingerprint density at radius 2 is 1.85 bits per heavy atom. The molecule has 1 saturated heterocycles. The Kier molecular flexibility index (Phi) is 6.85. The van der Waals surface area contributed by atoms with Gasteiger partial charge in [-0.15, -0.1) is 0 Å². The third-order valence-electron chi connectivity index (χ3n) is 4.72. The molecule has 142 valence electrons. The van der Waals surface area contributed by atoms with Crippen LogP contribution in [0.2, 0.25) is 5.02 Å². The maximum atomic E-state index is 12.7. The van der Waals surface area contributed by atoms with E-state index in [1.165, 1.54) is 0 Å². The van der Waals surface area contributed by atoms with Gasteiger partial charge in [-0.1, -0.05) is 54.1 Å². The van der Waals surface area contributed by atoms with Crippen molar-refractivity contribution in [3.05, 3.63) is 70.7 Å². The van der Waals surface area contributed by atoms with Crippen LogP contribution >= 0.6 is 11.6 Å². The first kappa shape index (κ1) is 19.4. The fourth-order valence-corrected chi connectivity index (χ4v) is 3.47. The molecule has 0 aliphatic carbocycles. The van der Waals surface area contributed by atoms with E-state index in [1.807, 2.05) is 30.3 Å². The van der Waals surface area contributed by atoms with Crippen LogP contribution in [0, 0.1) is 0 Å². The number of halogens is 1. The highest BCUT2D eigenvalue weighted by Gasteiger charge is 2.21. The summed E-state index contributed by atoms with van der Waals surface area (Å²) in [6, 6.07) is 16.3. The predicted molar refractivity (Wildman–Crippen MR) is 107 cm³/mol. The van der Waals surface area contributed by atoms with Gasteiger partial charge in [0, 0.05) is 12.6 Å². The highest BCUT2D eigenvalue weighted by Crippen LogP contribution is 2.20. The second-order valence-corrected chi connectivity index (χ2v) is 7.13. The van der Waals surface area contributed by atoms with Gasteiger partial charge in [-0.25, -0.2) is 0 Å². The Hall–Kier alpha value is -2.37. The van der Waals surface area contributed by atoms with E-state index in [-0.39, 0.29) is 18.2 Å². The van der Waals surface area contributed by atoms with Gasteiger partial charge in [-0.2, -0.15) is 0 Å². The molecule has 0 aromatic heterocycles. The van der Waals surface area contributed by atoms with Crippen molar-refractivity contribution in [1.82, 2.24) is 16.0 Å². The Morgan fingerprint density at radius 3 is 2.56 bits per heavy atom. The molecule has 1 aliphatic rings. The summed E-state index contributed by atoms with van der Waals surface area (Å²) in [5, 5.41) is 9.67. The van der Waals surface area contributed by atoms with Crippen molar-refractivity contribution in [3.63, 3.8) is 0 Å². The zero-order valence-electron chi connectivity index (χ0n) is 15.1. The van der Waals surface area contributed by atoms with Crippen molar-refractivity contribution in [2.75, 3.05) is 13.1 Å². The number of carbonyl (C=O) groups is 2. The van der Waals surface area contributed by atoms with Crippen molar-refractivity contribution in [2.45, 2.75) is 31.3 Å². The summed E-state index contributed by atoms with van der Waals surface area (Å²) < 4.78 is 0. The average Bonchev–Trinajstić information content (AvgIpc) is 3.20. The van der Waals surface area contributed by atoms with Gasteiger partial charge in [0.25, 0.3) is 5.91 Å². The maximum Gasteiger partial charge on any atom is 0.253 e. The van der Waals surface area contributed by atoms with Crippen LogP contribution in [0.25, 0.3) is 0 Å². The number of nitrogens with one attached hydrogen (secondary N) is 3. The largest absolute Gasteiger partial charge is 0.354 e. The maximum absolute atomic E-state index is 12.7. The van der Waals surface area contributed by atoms with Gasteiger partial charge in [0.15, 0.2) is 0 Å². The van der Waals surface area contributed by atoms with E-state index in [1.54, 1.807) is 24.3 Å². The van der Waals surface area contributed by atoms with Gasteiger partial charge >= 0.3 is 0 Å². The Labute approximate surface area is 164 Å². The number of rotatable bonds is 7. The van der Waals surface area contributed by atoms with E-state index >= 15 is 0 Å². The molecule has 27 heavy (non-hydrogen) atoms. The van der Waals surface area contributed by atoms with Crippen LogP contribution in [-0.2, 0) is 4.79 Å². The van der Waals surface area contributed by atoms with Crippen LogP contribution in [0.3, 0.4) is 0 Å². The minimum Gasteiger partial charge on any atom is -0.354 e. The smallest absolute Gasteiger partial charge is 0.253 e. The van der Waals surface area contributed by atoms with Gasteiger partial charge in [0.1, 0.15) is 0 Å². The van der Waals surface area contributed by atoms with Crippen molar-refractivity contribution >= 4 is 23.4 Å². The van der Waals surface area contributed by atoms with E-state index in [0.29, 0.717) is 23.2 Å². The van der Waals surface area contributed by atoms with E-state index in [2.05, 4.69) is 16.0 Å². The summed E-state index contributed by atoms with van der Waals surface area (Å²) in [6.07, 6.45) is 2.39. The van der Waals surface area contributed by atoms with Crippen LogP contribution in [-0.4, -0.2) is 30.9 Å². The molecular formula is C21H24ClN3O2. The third-order valence-corrected chi connectivity index (χ3v) is 5.05. The molecule has 2 aromatic rings. The second-order valence-electron chi connectivity index (χ2n) is 6.72. The first-order valence-corrected chi connectivity index (χ1v) is 9.61. The van der Waals surface area contributed by atoms with Gasteiger partial charge in [-0.3, -0.25) is 9.59 Å². The monoisotopic (exact) mass is 385 g/mol. The lowest BCUT2D eigenvalue weighted by Crippen LogP contribution is -2.39. The van der Waals surface area contributed by atoms with Crippen molar-refractivity contribution in [3.8, 4) is 0 Å². The summed E-state index contributed by atoms with van der Waals surface area (Å²) >= 11 is 6.13. The molecule has 0 bridgehead atoms. The van der Waals surface area contributed by atoms with Crippen molar-refractivity contribution in [1.29, 1.82) is 0 Å². The molecule has 2 aromatic carbocycles. The van der Waals surface area contributed by atoms with Crippen LogP contribution in [0.4, 0.5) is 0 Å². The molecule has 2 amide bonds. The topological polar surface area (TPSA) is 70.2 Å². The molecule has 2 atom stereocenters. The summed E-state index contributed by atoms with van der Waals surface area (Å²) in [5.41, 5.74) is 1.28. The standard InChI is InChI=1S/C21H24ClN3O2/c22-18-11-5-4-10-17(18)21(27)25-19(15-7-2-1-3-8-15)13-20(26)24-14-16-9-6-12-23-16/h1-5,7-8,10-11,16,19,23H,6,9,12-14H2,(H,24,26)(H,25,27). The highest BCUT2D eigenvalue weighted by molar-refractivity contribution is 6.33. The number of hydrogen-bond acceptors (Lipinski definition) is 3. The number of carbonyl (C=O) groups excluding carboxylic acids is 2. The average molecular weight is 386 g/mol. The molecule has 0 spiro atoms. The molecule has 1 aliphatic heterocycles. The van der Waals surface area contributed by atoms with Crippen molar-refractivity contribution < 1.29 is 9.59 Å². The molecule has 1 fully saturated rings. The Balaban J connectivity index is 1.66. The molecule has 0 saturated carbocycles. The predicted octanol–water partition coefficient (Wildman–Crippen LogP) is 3.07. The van der Waals surface area contributed by atoms with Crippen LogP contribution in [0.1, 0.15) is 41.2 Å². The van der Waals surface area contributed by atoms with Gasteiger partial charge in [-0.05, 0) is 37.1 Å². The molecular weight excluding hydrogens is 362 g/mol. The molecule has 5 nitrogen and oxygen atoms in total. The first-order chi connectivity index (χ1) is 13.1. The lowest BCUT2D eigenvalue weighted by molar-refractivity contribution is -0.121. The number of amides is 2. The van der Waals surface area contributed by atoms with Crippen molar-refractivity contribution in [2.24, 2.45) is 0 Å². The molecule has 0 radical (unpaired) electrons. The van der Waals surface area contributed by atoms with E-state index in [4.69, 9.17) is 11.6 Å². The fraction of sp³-hybridized carbons (Fsp3) is 0.333. The normalized spacial score (nSPS) is 17.3. The third kappa shape index (κ3) is 5.55. The zero-order chi connectivity index (χ0) is 19.1. The lowest BCUT2D eigenvalue weighted by atomic mass is 10.0. The van der Waals surface area contributed by atoms with E-state index in [0.717, 1.165) is 24.9 Å². The summed E-state index contributed by atoms with van der Waals surface area (Å²) in [5.74, 6) is -0.378. The SMILES string of the molecule is O=C(CC(NC(=O)c1ccccc1Cl)c1ccccc1)NCC1CCCN1. The van der Waals surface area contributed by atoms with Gasteiger partial charge in [0.05, 0.1) is 23.0 Å². The molecule has 1 heterocycles. The number of benzene rings is 2. The fourth-order valence-electron chi connectivity index (χ4n) is 3.24. The summed E-state index contributed by atoms with van der Waals surface area (Å²) in [6.45, 7) is 1.61. The molecule has 3 N–H and O–H groups in total. The second kappa shape index (κ2) is 9.53. The number of hydrogen-bond donors (Lipinski definition) is 3. The Morgan fingerprint density at radius 1 is 1.11 bits per heavy atom. The van der Waals surface area contributed by atoms with E-state index < -0.39 is 6.04 Å². The van der Waals surface area contributed by atoms with Crippen LogP contribution < -0.4 is 16.0 Å². The summed E-state index contributed by atoms with van der Waals surface area (Å²) in [7, 11) is 0. The van der Waals surface area contributed by atoms with Gasteiger partial charge in [0.2, 0.25) is 5.91 Å². The van der Waals surface area contributed by atoms with Crippen LogP contribution in [0.5, 0.6) is 0 Å². The molecule has 2 unspecified atom stereocenters. The lowest BCUT2D eigenvalue weighted by Gasteiger charge is -2.20. The molecule has 3 rings (SSSR count). The van der Waals surface area contributed by atoms with E-state index in [9.17, 15) is 9.59 Å². The minimum atomic E-state index is -0.425. The van der Waals surface area contributed by atoms with Gasteiger partial charge < -0.3 is 16.0 Å².